The third kappa shape index (κ3) is 3.18. The largest absolute Gasteiger partial charge is 0.459 e. The Morgan fingerprint density at radius 3 is 2.74 bits per heavy atom. The van der Waals surface area contributed by atoms with Gasteiger partial charge in [0, 0.05) is 17.0 Å². The molecule has 0 saturated heterocycles. The number of fused-ring (bicyclic) bond motifs is 1. The van der Waals surface area contributed by atoms with Crippen molar-refractivity contribution >= 4 is 26.9 Å². The van der Waals surface area contributed by atoms with Gasteiger partial charge in [-0.2, -0.15) is 0 Å². The van der Waals surface area contributed by atoms with Crippen molar-refractivity contribution in [3.05, 3.63) is 33.7 Å². The summed E-state index contributed by atoms with van der Waals surface area (Å²) in [6.07, 6.45) is 0.936. The third-order valence-corrected chi connectivity index (χ3v) is 3.67. The molecule has 2 aromatic rings. The molecule has 2 nitrogen and oxygen atoms in total. The van der Waals surface area contributed by atoms with Crippen molar-refractivity contribution in [1.82, 2.24) is 5.32 Å². The van der Waals surface area contributed by atoms with Crippen LogP contribution < -0.4 is 5.32 Å². The van der Waals surface area contributed by atoms with Crippen LogP contribution in [0.1, 0.15) is 32.1 Å². The molecule has 104 valence electrons. The van der Waals surface area contributed by atoms with Crippen LogP contribution >= 0.6 is 15.9 Å². The Morgan fingerprint density at radius 2 is 2.11 bits per heavy atom. The van der Waals surface area contributed by atoms with Gasteiger partial charge in [-0.3, -0.25) is 0 Å². The molecule has 0 atom stereocenters. The first kappa shape index (κ1) is 14.5. The van der Waals surface area contributed by atoms with Gasteiger partial charge in [-0.05, 0) is 40.9 Å². The molecule has 0 saturated carbocycles. The second-order valence-corrected chi connectivity index (χ2v) is 6.00. The molecule has 1 heterocycles. The van der Waals surface area contributed by atoms with Gasteiger partial charge in [-0.25, -0.2) is 4.39 Å². The van der Waals surface area contributed by atoms with Crippen LogP contribution in [0.4, 0.5) is 4.39 Å². The first-order valence-electron chi connectivity index (χ1n) is 6.63. The Labute approximate surface area is 121 Å². The maximum Gasteiger partial charge on any atom is 0.141 e. The molecule has 1 aromatic heterocycles. The molecular formula is C15H19BrFNO. The number of rotatable bonds is 5. The predicted molar refractivity (Wildman–Crippen MR) is 79.8 cm³/mol. The molecular weight excluding hydrogens is 309 g/mol. The highest BCUT2D eigenvalue weighted by Crippen LogP contribution is 2.32. The quantitative estimate of drug-likeness (QED) is 0.865. The fourth-order valence-corrected chi connectivity index (χ4v) is 2.55. The smallest absolute Gasteiger partial charge is 0.141 e. The molecule has 1 aromatic carbocycles. The van der Waals surface area contributed by atoms with E-state index < -0.39 is 0 Å². The fraction of sp³-hybridized carbons (Fsp3) is 0.467. The Bertz CT molecular complexity index is 577. The van der Waals surface area contributed by atoms with Gasteiger partial charge in [0.05, 0.1) is 11.0 Å². The summed E-state index contributed by atoms with van der Waals surface area (Å²) in [6, 6.07) is 3.28. The highest BCUT2D eigenvalue weighted by atomic mass is 79.9. The normalized spacial score (nSPS) is 11.7. The zero-order valence-corrected chi connectivity index (χ0v) is 13.1. The van der Waals surface area contributed by atoms with E-state index in [1.807, 2.05) is 6.07 Å². The van der Waals surface area contributed by atoms with Gasteiger partial charge in [-0.15, -0.1) is 0 Å². The molecule has 0 aliphatic heterocycles. The van der Waals surface area contributed by atoms with E-state index in [4.69, 9.17) is 4.42 Å². The van der Waals surface area contributed by atoms with Gasteiger partial charge >= 0.3 is 0 Å². The Kier molecular flexibility index (Phi) is 4.63. The maximum atomic E-state index is 13.6. The number of furan rings is 1. The lowest BCUT2D eigenvalue weighted by Gasteiger charge is -2.06. The Balaban J connectivity index is 2.52. The van der Waals surface area contributed by atoms with Crippen LogP contribution in [0.15, 0.2) is 21.0 Å². The number of benzene rings is 1. The standard InChI is InChI=1S/C15H19BrFNO/c1-4-18-8-15-10(5-9(2)3)11-6-12(16)13(17)7-14(11)19-15/h6-7,9,18H,4-5,8H2,1-3H3. The van der Waals surface area contributed by atoms with Gasteiger partial charge in [0.1, 0.15) is 17.2 Å². The topological polar surface area (TPSA) is 25.2 Å². The van der Waals surface area contributed by atoms with Crippen LogP contribution in [0.25, 0.3) is 11.0 Å². The van der Waals surface area contributed by atoms with Crippen molar-refractivity contribution < 1.29 is 8.81 Å². The Morgan fingerprint density at radius 1 is 1.37 bits per heavy atom. The number of nitrogens with one attached hydrogen (secondary N) is 1. The van der Waals surface area contributed by atoms with Crippen molar-refractivity contribution in [3.63, 3.8) is 0 Å². The summed E-state index contributed by atoms with van der Waals surface area (Å²) in [7, 11) is 0. The second-order valence-electron chi connectivity index (χ2n) is 5.14. The highest BCUT2D eigenvalue weighted by Gasteiger charge is 2.17. The van der Waals surface area contributed by atoms with Crippen molar-refractivity contribution in [2.75, 3.05) is 6.54 Å². The summed E-state index contributed by atoms with van der Waals surface area (Å²) >= 11 is 3.25. The van der Waals surface area contributed by atoms with Crippen LogP contribution in [0.5, 0.6) is 0 Å². The van der Waals surface area contributed by atoms with Crippen molar-refractivity contribution in [2.45, 2.75) is 33.7 Å². The Hall–Kier alpha value is -0.870. The summed E-state index contributed by atoms with van der Waals surface area (Å²) < 4.78 is 19.9. The van der Waals surface area contributed by atoms with Crippen LogP contribution in [0.2, 0.25) is 0 Å². The number of hydrogen-bond acceptors (Lipinski definition) is 2. The average molecular weight is 328 g/mol. The van der Waals surface area contributed by atoms with E-state index in [1.54, 1.807) is 0 Å². The molecule has 4 heteroatoms. The number of halogens is 2. The first-order chi connectivity index (χ1) is 9.02. The molecule has 1 N–H and O–H groups in total. The minimum absolute atomic E-state index is 0.285. The molecule has 19 heavy (non-hydrogen) atoms. The maximum absolute atomic E-state index is 13.6. The fourth-order valence-electron chi connectivity index (χ4n) is 2.21. The van der Waals surface area contributed by atoms with E-state index in [9.17, 15) is 4.39 Å². The van der Waals surface area contributed by atoms with Crippen molar-refractivity contribution in [3.8, 4) is 0 Å². The molecule has 0 bridgehead atoms. The van der Waals surface area contributed by atoms with Gasteiger partial charge < -0.3 is 9.73 Å². The second kappa shape index (κ2) is 6.06. The van der Waals surface area contributed by atoms with Crippen LogP contribution in [0.3, 0.4) is 0 Å². The van der Waals surface area contributed by atoms with Crippen molar-refractivity contribution in [2.24, 2.45) is 5.92 Å². The van der Waals surface area contributed by atoms with Crippen LogP contribution in [-0.4, -0.2) is 6.54 Å². The summed E-state index contributed by atoms with van der Waals surface area (Å²) in [4.78, 5) is 0. The summed E-state index contributed by atoms with van der Waals surface area (Å²) in [5, 5.41) is 4.28. The molecule has 0 aliphatic carbocycles. The summed E-state index contributed by atoms with van der Waals surface area (Å²) in [5.41, 5.74) is 1.82. The average Bonchev–Trinajstić information content (AvgIpc) is 2.65. The zero-order valence-electron chi connectivity index (χ0n) is 11.5. The molecule has 2 rings (SSSR count). The number of hydrogen-bond donors (Lipinski definition) is 1. The van der Waals surface area contributed by atoms with E-state index in [-0.39, 0.29) is 5.82 Å². The van der Waals surface area contributed by atoms with E-state index in [1.165, 1.54) is 11.6 Å². The van der Waals surface area contributed by atoms with E-state index >= 15 is 0 Å². The minimum Gasteiger partial charge on any atom is -0.459 e. The SMILES string of the molecule is CCNCc1oc2cc(F)c(Br)cc2c1CC(C)C. The lowest BCUT2D eigenvalue weighted by molar-refractivity contribution is 0.504. The van der Waals surface area contributed by atoms with Gasteiger partial charge in [-0.1, -0.05) is 20.8 Å². The van der Waals surface area contributed by atoms with Gasteiger partial charge in [0.15, 0.2) is 0 Å². The van der Waals surface area contributed by atoms with Crippen LogP contribution in [-0.2, 0) is 13.0 Å². The summed E-state index contributed by atoms with van der Waals surface area (Å²) in [6.45, 7) is 7.98. The molecule has 0 fully saturated rings. The molecule has 0 unspecified atom stereocenters. The zero-order chi connectivity index (χ0) is 14.0. The first-order valence-corrected chi connectivity index (χ1v) is 7.42. The predicted octanol–water partition coefficient (Wildman–Crippen LogP) is 4.64. The lowest BCUT2D eigenvalue weighted by atomic mass is 10.00. The minimum atomic E-state index is -0.285. The lowest BCUT2D eigenvalue weighted by Crippen LogP contribution is -2.12. The van der Waals surface area contributed by atoms with Gasteiger partial charge in [0.25, 0.3) is 0 Å². The van der Waals surface area contributed by atoms with Gasteiger partial charge in [0.2, 0.25) is 0 Å². The highest BCUT2D eigenvalue weighted by molar-refractivity contribution is 9.10. The van der Waals surface area contributed by atoms with E-state index in [0.29, 0.717) is 22.5 Å². The third-order valence-electron chi connectivity index (χ3n) is 3.07. The molecule has 0 aliphatic rings. The van der Waals surface area contributed by atoms with Crippen LogP contribution in [0, 0.1) is 11.7 Å². The molecule has 0 amide bonds. The molecule has 0 radical (unpaired) electrons. The monoisotopic (exact) mass is 327 g/mol. The van der Waals surface area contributed by atoms with Crippen molar-refractivity contribution in [1.29, 1.82) is 0 Å². The van der Waals surface area contributed by atoms with E-state index in [0.717, 1.165) is 24.1 Å². The van der Waals surface area contributed by atoms with E-state index in [2.05, 4.69) is 42.0 Å². The summed E-state index contributed by atoms with van der Waals surface area (Å²) in [5.74, 6) is 1.17. The molecule has 0 spiro atoms.